The van der Waals surface area contributed by atoms with Crippen LogP contribution < -0.4 is 0 Å². The van der Waals surface area contributed by atoms with E-state index in [4.69, 9.17) is 53.1 Å². The first kappa shape index (κ1) is 81.0. The summed E-state index contributed by atoms with van der Waals surface area (Å²) in [7, 11) is 0. The van der Waals surface area contributed by atoms with Crippen molar-refractivity contribution >= 4 is 206 Å². The zero-order chi connectivity index (χ0) is 92.2. The molecule has 11 nitrogen and oxygen atoms in total. The molecule has 8 heterocycles. The van der Waals surface area contributed by atoms with Crippen molar-refractivity contribution in [1.29, 1.82) is 0 Å². The number of fused-ring (bicyclic) bond motifs is 25. The third-order valence-electron chi connectivity index (χ3n) is 27.0. The van der Waals surface area contributed by atoms with Crippen molar-refractivity contribution in [3.63, 3.8) is 0 Å². The number of benzene rings is 22. The van der Waals surface area contributed by atoms with Gasteiger partial charge in [-0.3, -0.25) is 0 Å². The van der Waals surface area contributed by atoms with Gasteiger partial charge >= 0.3 is 0 Å². The van der Waals surface area contributed by atoms with Gasteiger partial charge in [0.05, 0.1) is 44.8 Å². The first-order valence-electron chi connectivity index (χ1n) is 46.9. The van der Waals surface area contributed by atoms with Gasteiger partial charge in [0.25, 0.3) is 0 Å². The molecule has 0 saturated heterocycles. The predicted octanol–water partition coefficient (Wildman–Crippen LogP) is 34.8. The monoisotopic (exact) mass is 1800 g/mol. The van der Waals surface area contributed by atoms with Crippen molar-refractivity contribution in [2.45, 2.75) is 0 Å². The lowest BCUT2D eigenvalue weighted by Gasteiger charge is -2.12. The molecule has 140 heavy (non-hydrogen) atoms. The van der Waals surface area contributed by atoms with Gasteiger partial charge < -0.3 is 13.3 Å². The highest BCUT2D eigenvalue weighted by Crippen LogP contribution is 2.45. The van der Waals surface area contributed by atoms with Crippen LogP contribution in [0.15, 0.2) is 474 Å². The fourth-order valence-corrected chi connectivity index (χ4v) is 21.3. The predicted molar refractivity (Wildman–Crippen MR) is 581 cm³/mol. The smallest absolute Gasteiger partial charge is 0.160 e. The highest BCUT2D eigenvalue weighted by molar-refractivity contribution is 7.26. The van der Waals surface area contributed by atoms with E-state index in [1.807, 2.05) is 114 Å². The van der Waals surface area contributed by atoms with Gasteiger partial charge in [-0.2, -0.15) is 0 Å². The van der Waals surface area contributed by atoms with Crippen LogP contribution in [0.5, 0.6) is 0 Å². The molecule has 0 aliphatic rings. The zero-order valence-electron chi connectivity index (χ0n) is 75.1. The largest absolute Gasteiger partial charge is 0.456 e. The lowest BCUT2D eigenvalue weighted by Crippen LogP contribution is -1.96. The van der Waals surface area contributed by atoms with Gasteiger partial charge in [-0.05, 0) is 175 Å². The Bertz CT molecular complexity index is 10100. The molecule has 0 aliphatic carbocycles. The van der Waals surface area contributed by atoms with E-state index in [-0.39, 0.29) is 0 Å². The van der Waals surface area contributed by atoms with Gasteiger partial charge in [-0.15, -0.1) is 11.3 Å². The van der Waals surface area contributed by atoms with Crippen molar-refractivity contribution in [2.24, 2.45) is 0 Å². The highest BCUT2D eigenvalue weighted by atomic mass is 32.1. The van der Waals surface area contributed by atoms with Crippen molar-refractivity contribution < 1.29 is 13.3 Å². The molecule has 30 aromatic rings. The number of para-hydroxylation sites is 5. The number of furan rings is 3. The fourth-order valence-electron chi connectivity index (χ4n) is 20.2. The molecule has 0 spiro atoms. The molecule has 22 aromatic carbocycles. The second kappa shape index (κ2) is 33.8. The summed E-state index contributed by atoms with van der Waals surface area (Å²) >= 11 is 1.85. The van der Waals surface area contributed by atoms with E-state index < -0.39 is 0 Å². The molecule has 12 heteroatoms. The highest BCUT2D eigenvalue weighted by Gasteiger charge is 2.23. The number of hydrogen-bond acceptors (Lipinski definition) is 12. The average molecular weight is 1810 g/mol. The first-order valence-corrected chi connectivity index (χ1v) is 47.7. The molecule has 8 aromatic heterocycles. The molecule has 0 aliphatic heterocycles. The molecule has 30 rings (SSSR count). The van der Waals surface area contributed by atoms with E-state index in [0.29, 0.717) is 0 Å². The van der Waals surface area contributed by atoms with Crippen LogP contribution in [0.1, 0.15) is 0 Å². The van der Waals surface area contributed by atoms with E-state index in [1.165, 1.54) is 41.7 Å². The van der Waals surface area contributed by atoms with Crippen LogP contribution in [0, 0.1) is 0 Å². The molecule has 0 unspecified atom stereocenters. The molecule has 0 N–H and O–H groups in total. The summed E-state index contributed by atoms with van der Waals surface area (Å²) in [6.45, 7) is 0. The summed E-state index contributed by atoms with van der Waals surface area (Å²) in [4.78, 5) is 40.4. The number of thiophene rings is 1. The van der Waals surface area contributed by atoms with Gasteiger partial charge in [0.2, 0.25) is 0 Å². The van der Waals surface area contributed by atoms with Crippen molar-refractivity contribution in [3.8, 4) is 90.6 Å². The van der Waals surface area contributed by atoms with Crippen molar-refractivity contribution in [3.05, 3.63) is 461 Å². The van der Waals surface area contributed by atoms with Crippen LogP contribution in [0.2, 0.25) is 0 Å². The normalized spacial score (nSPS) is 11.7. The van der Waals surface area contributed by atoms with Crippen LogP contribution >= 0.6 is 11.3 Å². The van der Waals surface area contributed by atoms with Crippen LogP contribution in [-0.4, -0.2) is 39.9 Å². The van der Waals surface area contributed by atoms with Crippen molar-refractivity contribution in [1.82, 2.24) is 39.9 Å². The Balaban J connectivity index is 0.0000000939. The van der Waals surface area contributed by atoms with Crippen LogP contribution in [-0.2, 0) is 0 Å². The minimum absolute atomic E-state index is 0.723. The summed E-state index contributed by atoms with van der Waals surface area (Å²) in [6, 6.07) is 160. The van der Waals surface area contributed by atoms with E-state index in [1.54, 1.807) is 0 Å². The lowest BCUT2D eigenvalue weighted by molar-refractivity contribution is 0.669. The topological polar surface area (TPSA) is 143 Å². The Morgan fingerprint density at radius 1 is 0.150 bits per heavy atom. The number of hydrogen-bond donors (Lipinski definition) is 0. The second-order valence-electron chi connectivity index (χ2n) is 35.4. The maximum atomic E-state index is 6.10. The third-order valence-corrected chi connectivity index (χ3v) is 28.1. The summed E-state index contributed by atoms with van der Waals surface area (Å²) in [5, 5.41) is 27.6. The third kappa shape index (κ3) is 14.4. The Labute approximate surface area is 804 Å². The van der Waals surface area contributed by atoms with Gasteiger partial charge in [-0.1, -0.05) is 346 Å². The van der Waals surface area contributed by atoms with E-state index in [9.17, 15) is 0 Å². The standard InChI is InChI=1S/2C34H20N2O.C30H18N2O.C30H18N2S/c1-2-9-22(10-3-1)33-32-26-11-5-4-8-21(26)16-17-29(32)35-34(36-33)24-15-14-23-20-31-28(19-25(23)18-24)27-12-6-7-13-30(27)37-31;1-2-9-22(10-3-1)32-28-17-16-21-8-4-5-11-26(21)33(28)36-34(35-32)24-15-14-23-20-31-29(19-25(23)18-24)27-12-6-7-13-30(27)37-31;1-2-8-19(9-3-1)29-24-11-4-6-12-26(24)31-30(32-29)21-15-14-20-18-28-25(17-22(20)16-21)23-10-5-7-13-27(23)33-28;1-2-8-19(9-3-1)29-23-10-4-6-12-25(23)31-30(32-29)21-14-16-22-20(18-21)15-17-27-28(22)24-11-5-7-13-26(24)33-27/h2*1-20H;2*1-18H. The molecule has 0 bridgehead atoms. The minimum atomic E-state index is 0.723. The first-order chi connectivity index (χ1) is 69.3. The van der Waals surface area contributed by atoms with Gasteiger partial charge in [0, 0.05) is 124 Å². The summed E-state index contributed by atoms with van der Waals surface area (Å²) < 4.78 is 20.9. The maximum absolute atomic E-state index is 6.10. The summed E-state index contributed by atoms with van der Waals surface area (Å²) in [6.07, 6.45) is 0. The molecule has 652 valence electrons. The van der Waals surface area contributed by atoms with Gasteiger partial charge in [0.1, 0.15) is 33.5 Å². The van der Waals surface area contributed by atoms with Gasteiger partial charge in [-0.25, -0.2) is 39.9 Å². The van der Waals surface area contributed by atoms with E-state index in [0.717, 1.165) is 243 Å². The molecule has 0 atom stereocenters. The Kier molecular flexibility index (Phi) is 19.5. The lowest BCUT2D eigenvalue weighted by atomic mass is 9.99. The molecule has 0 saturated carbocycles. The Hall–Kier alpha value is -18.6. The van der Waals surface area contributed by atoms with Gasteiger partial charge in [0.15, 0.2) is 23.3 Å². The molecule has 0 radical (unpaired) electrons. The van der Waals surface area contributed by atoms with Crippen molar-refractivity contribution in [2.75, 3.05) is 0 Å². The van der Waals surface area contributed by atoms with Crippen LogP contribution in [0.4, 0.5) is 0 Å². The van der Waals surface area contributed by atoms with E-state index in [2.05, 4.69) is 358 Å². The summed E-state index contributed by atoms with van der Waals surface area (Å²) in [5.41, 5.74) is 21.4. The zero-order valence-corrected chi connectivity index (χ0v) is 75.9. The number of nitrogens with zero attached hydrogens (tertiary/aromatic N) is 8. The average Bonchev–Trinajstić information content (AvgIpc) is 1.56. The molecular formula is C128H76N8O3S. The van der Waals surface area contributed by atoms with Crippen LogP contribution in [0.25, 0.3) is 285 Å². The Morgan fingerprint density at radius 3 is 0.964 bits per heavy atom. The molecule has 0 fully saturated rings. The quantitative estimate of drug-likeness (QED) is 0.134. The second-order valence-corrected chi connectivity index (χ2v) is 36.5. The SMILES string of the molecule is c1ccc(-c2nc(-c3ccc4c(ccc5sc6ccccc6c54)c3)nc3ccccc23)cc1.c1ccc(-c2nc(-c3ccc4cc5oc6ccccc6c5cc4c3)nc3c2ccc2ccccc23)cc1.c1ccc(-c2nc(-c3ccc4cc5oc6ccccc6c5cc4c3)nc3ccc4ccccc4c23)cc1.c1ccc(-c2nc(-c3ccc4cc5oc6ccccc6c5cc4c3)nc3ccccc23)cc1. The maximum Gasteiger partial charge on any atom is 0.160 e. The Morgan fingerprint density at radius 2 is 0.479 bits per heavy atom. The molecular weight excluding hydrogens is 1730 g/mol. The van der Waals surface area contributed by atoms with Crippen LogP contribution in [0.3, 0.4) is 0 Å². The number of rotatable bonds is 8. The number of aromatic nitrogens is 8. The minimum Gasteiger partial charge on any atom is -0.456 e. The summed E-state index contributed by atoms with van der Waals surface area (Å²) in [5.74, 6) is 2.93. The molecule has 0 amide bonds. The fraction of sp³-hybridized carbons (Fsp3) is 0. The van der Waals surface area contributed by atoms with E-state index >= 15 is 0 Å².